The molecule has 0 aliphatic carbocycles. The molecule has 0 aromatic heterocycles. The summed E-state index contributed by atoms with van der Waals surface area (Å²) in [5.41, 5.74) is 1.08. The van der Waals surface area contributed by atoms with Crippen LogP contribution >= 0.6 is 0 Å². The third-order valence-corrected chi connectivity index (χ3v) is 4.39. The fourth-order valence-electron chi connectivity index (χ4n) is 2.73. The Morgan fingerprint density at radius 1 is 0.886 bits per heavy atom. The van der Waals surface area contributed by atoms with Crippen molar-refractivity contribution in [3.8, 4) is 5.75 Å². The molecule has 2 aromatic carbocycles. The van der Waals surface area contributed by atoms with Gasteiger partial charge in [-0.2, -0.15) is 0 Å². The van der Waals surface area contributed by atoms with Gasteiger partial charge >= 0.3 is 12.2 Å². The van der Waals surface area contributed by atoms with Gasteiger partial charge in [-0.25, -0.2) is 9.59 Å². The zero-order valence-electron chi connectivity index (χ0n) is 20.5. The van der Waals surface area contributed by atoms with E-state index in [1.807, 2.05) is 30.3 Å². The molecule has 10 nitrogen and oxygen atoms in total. The van der Waals surface area contributed by atoms with Crippen molar-refractivity contribution < 1.29 is 33.3 Å². The van der Waals surface area contributed by atoms with Gasteiger partial charge in [0.2, 0.25) is 5.91 Å². The van der Waals surface area contributed by atoms with E-state index >= 15 is 0 Å². The highest BCUT2D eigenvalue weighted by Gasteiger charge is 2.22. The summed E-state index contributed by atoms with van der Waals surface area (Å²) in [6, 6.07) is 15.1. The molecule has 0 fully saturated rings. The molecule has 2 rings (SSSR count). The average Bonchev–Trinajstić information content (AvgIpc) is 2.82. The number of amides is 3. The van der Waals surface area contributed by atoms with Crippen LogP contribution in [0.4, 0.5) is 9.59 Å². The standard InChI is InChI=1S/C25H33N3O7/c1-25(2,3)35-23(30)26-14-18-10-12-20(13-11-18)33-16-21(22(29)27-17-32-4)28-24(31)34-15-19-8-6-5-7-9-19/h5-13,21H,14-17H2,1-4H3,(H,26,30)(H,27,29)(H,28,31)/t21-/m0/s1. The Hall–Kier alpha value is -3.79. The van der Waals surface area contributed by atoms with Crippen LogP contribution in [0.15, 0.2) is 54.6 Å². The summed E-state index contributed by atoms with van der Waals surface area (Å²) in [5, 5.41) is 7.73. The first-order chi connectivity index (χ1) is 16.7. The summed E-state index contributed by atoms with van der Waals surface area (Å²) in [7, 11) is 1.44. The van der Waals surface area contributed by atoms with Crippen molar-refractivity contribution in [1.82, 2.24) is 16.0 Å². The minimum Gasteiger partial charge on any atom is -0.491 e. The molecule has 10 heteroatoms. The fourth-order valence-corrected chi connectivity index (χ4v) is 2.73. The van der Waals surface area contributed by atoms with Crippen LogP contribution in [0.1, 0.15) is 31.9 Å². The first-order valence-corrected chi connectivity index (χ1v) is 11.1. The van der Waals surface area contributed by atoms with Crippen molar-refractivity contribution in [2.75, 3.05) is 20.4 Å². The fraction of sp³-hybridized carbons (Fsp3) is 0.400. The monoisotopic (exact) mass is 487 g/mol. The normalized spacial score (nSPS) is 11.7. The topological polar surface area (TPSA) is 124 Å². The quantitative estimate of drug-likeness (QED) is 0.416. The maximum atomic E-state index is 12.4. The molecule has 35 heavy (non-hydrogen) atoms. The van der Waals surface area contributed by atoms with Crippen molar-refractivity contribution in [3.63, 3.8) is 0 Å². The predicted molar refractivity (Wildman–Crippen MR) is 129 cm³/mol. The van der Waals surface area contributed by atoms with Crippen LogP contribution in [0.2, 0.25) is 0 Å². The highest BCUT2D eigenvalue weighted by Crippen LogP contribution is 2.13. The molecular weight excluding hydrogens is 454 g/mol. The van der Waals surface area contributed by atoms with Gasteiger partial charge in [0, 0.05) is 13.7 Å². The Labute approximate surface area is 205 Å². The van der Waals surface area contributed by atoms with Crippen molar-refractivity contribution in [3.05, 3.63) is 65.7 Å². The molecule has 0 aliphatic heterocycles. The molecule has 190 valence electrons. The maximum absolute atomic E-state index is 12.4. The molecule has 0 radical (unpaired) electrons. The molecule has 0 saturated carbocycles. The van der Waals surface area contributed by atoms with Crippen LogP contribution in [-0.2, 0) is 32.2 Å². The number of carbonyl (C=O) groups is 3. The number of methoxy groups -OCH3 is 1. The Morgan fingerprint density at radius 3 is 2.20 bits per heavy atom. The lowest BCUT2D eigenvalue weighted by Crippen LogP contribution is -2.50. The molecule has 0 aliphatic rings. The van der Waals surface area contributed by atoms with Gasteiger partial charge in [0.05, 0.1) is 0 Å². The maximum Gasteiger partial charge on any atom is 0.408 e. The number of nitrogens with one attached hydrogen (secondary N) is 3. The highest BCUT2D eigenvalue weighted by atomic mass is 16.6. The molecule has 3 N–H and O–H groups in total. The average molecular weight is 488 g/mol. The van der Waals surface area contributed by atoms with Gasteiger partial charge in [-0.3, -0.25) is 4.79 Å². The van der Waals surface area contributed by atoms with Crippen molar-refractivity contribution in [2.24, 2.45) is 0 Å². The van der Waals surface area contributed by atoms with Crippen LogP contribution in [0.5, 0.6) is 5.75 Å². The van der Waals surface area contributed by atoms with Gasteiger partial charge in [-0.1, -0.05) is 42.5 Å². The van der Waals surface area contributed by atoms with Crippen molar-refractivity contribution in [1.29, 1.82) is 0 Å². The minimum atomic E-state index is -1.01. The predicted octanol–water partition coefficient (Wildman–Crippen LogP) is 3.11. The van der Waals surface area contributed by atoms with E-state index < -0.39 is 29.7 Å². The van der Waals surface area contributed by atoms with E-state index in [9.17, 15) is 14.4 Å². The minimum absolute atomic E-state index is 0.0184. The molecule has 0 spiro atoms. The van der Waals surface area contributed by atoms with Gasteiger partial charge in [0.15, 0.2) is 0 Å². The number of alkyl carbamates (subject to hydrolysis) is 2. The first-order valence-electron chi connectivity index (χ1n) is 11.1. The molecular formula is C25H33N3O7. The van der Waals surface area contributed by atoms with Gasteiger partial charge in [-0.05, 0) is 44.0 Å². The lowest BCUT2D eigenvalue weighted by atomic mass is 10.2. The zero-order valence-corrected chi connectivity index (χ0v) is 20.5. The molecule has 2 aromatic rings. The van der Waals surface area contributed by atoms with Crippen LogP contribution in [0.3, 0.4) is 0 Å². The lowest BCUT2D eigenvalue weighted by molar-refractivity contribution is -0.125. The van der Waals surface area contributed by atoms with Crippen LogP contribution in [0.25, 0.3) is 0 Å². The van der Waals surface area contributed by atoms with E-state index in [2.05, 4.69) is 16.0 Å². The number of hydrogen-bond acceptors (Lipinski definition) is 7. The summed E-state index contributed by atoms with van der Waals surface area (Å²) < 4.78 is 21.0. The Balaban J connectivity index is 1.87. The van der Waals surface area contributed by atoms with E-state index in [1.165, 1.54) is 7.11 Å². The number of hydrogen-bond donors (Lipinski definition) is 3. The van der Waals surface area contributed by atoms with E-state index in [0.29, 0.717) is 5.75 Å². The first kappa shape index (κ1) is 27.5. The molecule has 1 atom stereocenters. The number of carbonyl (C=O) groups excluding carboxylic acids is 3. The van der Waals surface area contributed by atoms with Gasteiger partial charge in [-0.15, -0.1) is 0 Å². The van der Waals surface area contributed by atoms with Crippen LogP contribution < -0.4 is 20.7 Å². The zero-order chi connectivity index (χ0) is 25.7. The summed E-state index contributed by atoms with van der Waals surface area (Å²) in [6.07, 6.45) is -1.26. The van der Waals surface area contributed by atoms with Crippen molar-refractivity contribution >= 4 is 18.1 Å². The van der Waals surface area contributed by atoms with Crippen LogP contribution in [0, 0.1) is 0 Å². The molecule has 0 heterocycles. The van der Waals surface area contributed by atoms with Crippen LogP contribution in [-0.4, -0.2) is 50.2 Å². The highest BCUT2D eigenvalue weighted by molar-refractivity contribution is 5.85. The molecule has 0 bridgehead atoms. The van der Waals surface area contributed by atoms with Gasteiger partial charge < -0.3 is 34.9 Å². The summed E-state index contributed by atoms with van der Waals surface area (Å²) in [4.78, 5) is 36.5. The molecule has 0 saturated heterocycles. The van der Waals surface area contributed by atoms with E-state index in [1.54, 1.807) is 45.0 Å². The van der Waals surface area contributed by atoms with Crippen molar-refractivity contribution in [2.45, 2.75) is 45.6 Å². The second-order valence-corrected chi connectivity index (χ2v) is 8.54. The summed E-state index contributed by atoms with van der Waals surface area (Å²) >= 11 is 0. The smallest absolute Gasteiger partial charge is 0.408 e. The summed E-state index contributed by atoms with van der Waals surface area (Å²) in [6.45, 7) is 5.57. The molecule has 0 unspecified atom stereocenters. The van der Waals surface area contributed by atoms with E-state index in [0.717, 1.165) is 11.1 Å². The second-order valence-electron chi connectivity index (χ2n) is 8.54. The summed E-state index contributed by atoms with van der Waals surface area (Å²) in [5.74, 6) is -0.00305. The Morgan fingerprint density at radius 2 is 1.57 bits per heavy atom. The third kappa shape index (κ3) is 11.3. The number of ether oxygens (including phenoxy) is 4. The van der Waals surface area contributed by atoms with Gasteiger partial charge in [0.25, 0.3) is 0 Å². The third-order valence-electron chi connectivity index (χ3n) is 4.39. The second kappa shape index (κ2) is 13.8. The van der Waals surface area contributed by atoms with Gasteiger partial charge in [0.1, 0.15) is 37.3 Å². The number of rotatable bonds is 11. The van der Waals surface area contributed by atoms with E-state index in [-0.39, 0.29) is 26.5 Å². The largest absolute Gasteiger partial charge is 0.491 e. The molecule has 3 amide bonds. The Bertz CT molecular complexity index is 944. The van der Waals surface area contributed by atoms with E-state index in [4.69, 9.17) is 18.9 Å². The number of benzene rings is 2. The Kier molecular flexibility index (Phi) is 10.8. The SMILES string of the molecule is COCNC(=O)[C@H](COc1ccc(CNC(=O)OC(C)(C)C)cc1)NC(=O)OCc1ccccc1. The lowest BCUT2D eigenvalue weighted by Gasteiger charge is -2.20.